The van der Waals surface area contributed by atoms with Crippen molar-refractivity contribution in [2.45, 2.75) is 25.4 Å². The van der Waals surface area contributed by atoms with Crippen LogP contribution >= 0.6 is 15.9 Å². The van der Waals surface area contributed by atoms with Gasteiger partial charge in [-0.15, -0.1) is 0 Å². The molecule has 1 heterocycles. The Balaban J connectivity index is 2.43. The van der Waals surface area contributed by atoms with Crippen LogP contribution in [0.2, 0.25) is 0 Å². The molecule has 2 N–H and O–H groups in total. The number of rotatable bonds is 4. The molecule has 114 valence electrons. The maximum absolute atomic E-state index is 13.1. The number of nitrogens with zero attached hydrogens (tertiary/aromatic N) is 2. The summed E-state index contributed by atoms with van der Waals surface area (Å²) in [6.07, 6.45) is -3.88. The standard InChI is InChI=1S/C13H13BrF3N3O/c1-7(4-5-18)12-19-11(20-21-12)9-3-2-8(14)6-10(9)13(15,16)17/h2-3,6-7H,4-5,18H2,1H3. The Morgan fingerprint density at radius 2 is 2.10 bits per heavy atom. The summed E-state index contributed by atoms with van der Waals surface area (Å²) in [7, 11) is 0. The Morgan fingerprint density at radius 3 is 2.71 bits per heavy atom. The molecule has 0 saturated carbocycles. The molecule has 0 aliphatic rings. The zero-order valence-electron chi connectivity index (χ0n) is 11.1. The van der Waals surface area contributed by atoms with E-state index in [0.717, 1.165) is 6.07 Å². The van der Waals surface area contributed by atoms with Crippen molar-refractivity contribution in [3.63, 3.8) is 0 Å². The van der Waals surface area contributed by atoms with E-state index in [1.165, 1.54) is 12.1 Å². The van der Waals surface area contributed by atoms with Crippen LogP contribution in [-0.4, -0.2) is 16.7 Å². The van der Waals surface area contributed by atoms with Crippen molar-refractivity contribution < 1.29 is 17.7 Å². The van der Waals surface area contributed by atoms with Gasteiger partial charge < -0.3 is 10.3 Å². The molecule has 2 aromatic rings. The van der Waals surface area contributed by atoms with Crippen LogP contribution in [0.5, 0.6) is 0 Å². The van der Waals surface area contributed by atoms with Crippen LogP contribution in [0.1, 0.15) is 30.7 Å². The predicted octanol–water partition coefficient (Wildman–Crippen LogP) is 3.97. The number of alkyl halides is 3. The Hall–Kier alpha value is -1.41. The van der Waals surface area contributed by atoms with Gasteiger partial charge in [0, 0.05) is 16.0 Å². The number of benzene rings is 1. The SMILES string of the molecule is CC(CCN)c1nc(-c2ccc(Br)cc2C(F)(F)F)no1. The molecule has 1 aromatic carbocycles. The lowest BCUT2D eigenvalue weighted by Gasteiger charge is -2.10. The third kappa shape index (κ3) is 3.62. The summed E-state index contributed by atoms with van der Waals surface area (Å²) < 4.78 is 44.6. The van der Waals surface area contributed by atoms with Gasteiger partial charge in [-0.25, -0.2) is 0 Å². The van der Waals surface area contributed by atoms with E-state index in [4.69, 9.17) is 10.3 Å². The third-order valence-corrected chi connectivity index (χ3v) is 3.48. The Labute approximate surface area is 127 Å². The number of aromatic nitrogens is 2. The van der Waals surface area contributed by atoms with Gasteiger partial charge in [0.1, 0.15) is 0 Å². The summed E-state index contributed by atoms with van der Waals surface area (Å²) in [6, 6.07) is 3.81. The summed E-state index contributed by atoms with van der Waals surface area (Å²) in [4.78, 5) is 4.05. The maximum Gasteiger partial charge on any atom is 0.417 e. The summed E-state index contributed by atoms with van der Waals surface area (Å²) >= 11 is 3.03. The van der Waals surface area contributed by atoms with Gasteiger partial charge in [0.25, 0.3) is 0 Å². The molecule has 0 amide bonds. The zero-order valence-corrected chi connectivity index (χ0v) is 12.7. The van der Waals surface area contributed by atoms with Crippen molar-refractivity contribution in [2.24, 2.45) is 5.73 Å². The number of halogens is 4. The van der Waals surface area contributed by atoms with Crippen LogP contribution in [-0.2, 0) is 6.18 Å². The van der Waals surface area contributed by atoms with Gasteiger partial charge in [0.2, 0.25) is 11.7 Å². The second kappa shape index (κ2) is 6.15. The molecule has 0 bridgehead atoms. The summed E-state index contributed by atoms with van der Waals surface area (Å²) in [5.74, 6) is 0.112. The molecule has 4 nitrogen and oxygen atoms in total. The van der Waals surface area contributed by atoms with Crippen LogP contribution in [0, 0.1) is 0 Å². The highest BCUT2D eigenvalue weighted by Gasteiger charge is 2.35. The highest BCUT2D eigenvalue weighted by molar-refractivity contribution is 9.10. The van der Waals surface area contributed by atoms with Crippen LogP contribution in [0.3, 0.4) is 0 Å². The summed E-state index contributed by atoms with van der Waals surface area (Å²) in [6.45, 7) is 2.27. The second-order valence-electron chi connectivity index (χ2n) is 4.62. The van der Waals surface area contributed by atoms with Gasteiger partial charge >= 0.3 is 6.18 Å². The van der Waals surface area contributed by atoms with Crippen molar-refractivity contribution >= 4 is 15.9 Å². The van der Waals surface area contributed by atoms with Gasteiger partial charge in [0.15, 0.2) is 0 Å². The van der Waals surface area contributed by atoms with E-state index in [1.807, 2.05) is 6.92 Å². The van der Waals surface area contributed by atoms with E-state index in [9.17, 15) is 13.2 Å². The van der Waals surface area contributed by atoms with Crippen molar-refractivity contribution in [1.82, 2.24) is 10.1 Å². The monoisotopic (exact) mass is 363 g/mol. The molecule has 2 rings (SSSR count). The zero-order chi connectivity index (χ0) is 15.6. The van der Waals surface area contributed by atoms with Crippen LogP contribution in [0.4, 0.5) is 13.2 Å². The van der Waals surface area contributed by atoms with Gasteiger partial charge in [-0.05, 0) is 31.2 Å². The molecule has 8 heteroatoms. The minimum absolute atomic E-state index is 0.0753. The highest BCUT2D eigenvalue weighted by atomic mass is 79.9. The summed E-state index contributed by atoms with van der Waals surface area (Å²) in [5, 5.41) is 3.65. The normalized spacial score (nSPS) is 13.4. The fourth-order valence-corrected chi connectivity index (χ4v) is 2.23. The van der Waals surface area contributed by atoms with E-state index >= 15 is 0 Å². The lowest BCUT2D eigenvalue weighted by atomic mass is 10.1. The smallest absolute Gasteiger partial charge is 0.339 e. The van der Waals surface area contributed by atoms with Gasteiger partial charge in [0.05, 0.1) is 5.56 Å². The van der Waals surface area contributed by atoms with E-state index in [-0.39, 0.29) is 23.2 Å². The average molecular weight is 364 g/mol. The molecule has 0 aliphatic carbocycles. The highest BCUT2D eigenvalue weighted by Crippen LogP contribution is 2.38. The van der Waals surface area contributed by atoms with E-state index < -0.39 is 11.7 Å². The lowest BCUT2D eigenvalue weighted by Crippen LogP contribution is -2.08. The van der Waals surface area contributed by atoms with Crippen LogP contribution in [0.25, 0.3) is 11.4 Å². The van der Waals surface area contributed by atoms with Gasteiger partial charge in [-0.1, -0.05) is 28.0 Å². The van der Waals surface area contributed by atoms with Crippen molar-refractivity contribution in [1.29, 1.82) is 0 Å². The Bertz CT molecular complexity index is 627. The topological polar surface area (TPSA) is 64.9 Å². The van der Waals surface area contributed by atoms with Gasteiger partial charge in [-0.2, -0.15) is 18.2 Å². The largest absolute Gasteiger partial charge is 0.417 e. The molecule has 1 atom stereocenters. The first-order valence-corrected chi connectivity index (χ1v) is 7.03. The maximum atomic E-state index is 13.1. The molecule has 1 unspecified atom stereocenters. The Morgan fingerprint density at radius 1 is 1.38 bits per heavy atom. The minimum atomic E-state index is -4.50. The second-order valence-corrected chi connectivity index (χ2v) is 5.54. The van der Waals surface area contributed by atoms with Crippen molar-refractivity contribution in [3.05, 3.63) is 34.1 Å². The van der Waals surface area contributed by atoms with E-state index in [1.54, 1.807) is 0 Å². The molecule has 0 aliphatic heterocycles. The van der Waals surface area contributed by atoms with E-state index in [2.05, 4.69) is 26.1 Å². The number of hydrogen-bond donors (Lipinski definition) is 1. The Kier molecular flexibility index (Phi) is 4.67. The molecular weight excluding hydrogens is 351 g/mol. The summed E-state index contributed by atoms with van der Waals surface area (Å²) in [5.41, 5.74) is 4.52. The van der Waals surface area contributed by atoms with Crippen LogP contribution in [0.15, 0.2) is 27.2 Å². The van der Waals surface area contributed by atoms with Crippen molar-refractivity contribution in [3.8, 4) is 11.4 Å². The molecule has 0 spiro atoms. The van der Waals surface area contributed by atoms with E-state index in [0.29, 0.717) is 17.4 Å². The molecule has 0 saturated heterocycles. The molecule has 0 radical (unpaired) electrons. The fourth-order valence-electron chi connectivity index (χ4n) is 1.86. The molecular formula is C13H13BrF3N3O. The molecule has 21 heavy (non-hydrogen) atoms. The lowest BCUT2D eigenvalue weighted by molar-refractivity contribution is -0.137. The first kappa shape index (κ1) is 16.0. The molecule has 0 fully saturated rings. The number of hydrogen-bond acceptors (Lipinski definition) is 4. The van der Waals surface area contributed by atoms with Crippen LogP contribution < -0.4 is 5.73 Å². The quantitative estimate of drug-likeness (QED) is 0.892. The number of nitrogens with two attached hydrogens (primary N) is 1. The van der Waals surface area contributed by atoms with Gasteiger partial charge in [-0.3, -0.25) is 0 Å². The average Bonchev–Trinajstić information content (AvgIpc) is 2.87. The predicted molar refractivity (Wildman–Crippen MR) is 74.5 cm³/mol. The third-order valence-electron chi connectivity index (χ3n) is 2.99. The fraction of sp³-hybridized carbons (Fsp3) is 0.385. The first-order valence-electron chi connectivity index (χ1n) is 6.23. The first-order chi connectivity index (χ1) is 9.82. The van der Waals surface area contributed by atoms with Crippen molar-refractivity contribution in [2.75, 3.05) is 6.54 Å². The minimum Gasteiger partial charge on any atom is -0.339 e. The molecule has 1 aromatic heterocycles.